The van der Waals surface area contributed by atoms with Crippen molar-refractivity contribution >= 4 is 67.3 Å². The Bertz CT molecular complexity index is 2850. The second-order valence-electron chi connectivity index (χ2n) is 18.4. The zero-order valence-electron chi connectivity index (χ0n) is 37.5. The quantitative estimate of drug-likeness (QED) is 0.0842. The van der Waals surface area contributed by atoms with Gasteiger partial charge in [-0.05, 0) is 91.0 Å². The number of hydrogen-bond acceptors (Lipinski definition) is 13. The molecule has 2 fully saturated rings. The standard InChI is InChI=1S/C48H53ClN8O9S/c1-48(2)14-10-33(39(26-48)30-4-6-34(49)7-5-30)28-54-18-20-55(21-19-54)35-8-9-38(42(23-35)66-36-22-32-11-15-50-45(32)51-27-36)46(58)53-67(62,63)37-24-41(57(60)61)44-43(25-37)65-29-40(52-44)31-12-16-56(17-13-31)47(59)64-3/h4-9,11,15,22-25,27,31,40,52H,10,12-14,16-21,26,28-29H2,1-3H3,(H,50,51)(H,53,58)/t40-/m0/s1. The van der Waals surface area contributed by atoms with Crippen molar-refractivity contribution in [1.29, 1.82) is 0 Å². The number of nitro benzene ring substituents is 1. The number of pyridine rings is 1. The molecule has 1 atom stereocenters. The molecule has 5 heterocycles. The number of carbonyl (C=O) groups excluding carboxylic acids is 2. The van der Waals surface area contributed by atoms with Crippen LogP contribution in [0.4, 0.5) is 21.9 Å². The van der Waals surface area contributed by atoms with Crippen LogP contribution in [0.25, 0.3) is 16.6 Å². The van der Waals surface area contributed by atoms with Gasteiger partial charge in [0.1, 0.15) is 23.8 Å². The number of anilines is 2. The zero-order valence-corrected chi connectivity index (χ0v) is 39.1. The third-order valence-corrected chi connectivity index (χ3v) is 15.0. The lowest BCUT2D eigenvalue weighted by Gasteiger charge is -2.39. The molecule has 0 spiro atoms. The van der Waals surface area contributed by atoms with Gasteiger partial charge in [0.2, 0.25) is 0 Å². The molecule has 3 N–H and O–H groups in total. The van der Waals surface area contributed by atoms with E-state index in [0.717, 1.165) is 61.1 Å². The van der Waals surface area contributed by atoms with Gasteiger partial charge in [0.25, 0.3) is 21.6 Å². The van der Waals surface area contributed by atoms with Gasteiger partial charge in [0, 0.05) is 86.3 Å². The third kappa shape index (κ3) is 10.0. The van der Waals surface area contributed by atoms with Crippen LogP contribution in [0.2, 0.25) is 5.02 Å². The van der Waals surface area contributed by atoms with Gasteiger partial charge in [-0.2, -0.15) is 0 Å². The van der Waals surface area contributed by atoms with Gasteiger partial charge in [-0.3, -0.25) is 19.8 Å². The first-order valence-corrected chi connectivity index (χ1v) is 24.3. The van der Waals surface area contributed by atoms with Crippen LogP contribution in [0.1, 0.15) is 61.9 Å². The minimum Gasteiger partial charge on any atom is -0.489 e. The smallest absolute Gasteiger partial charge is 0.409 e. The molecule has 352 valence electrons. The van der Waals surface area contributed by atoms with Crippen molar-refractivity contribution in [3.05, 3.63) is 111 Å². The first kappa shape index (κ1) is 45.8. The van der Waals surface area contributed by atoms with Crippen molar-refractivity contribution < 1.29 is 37.1 Å². The predicted octanol–water partition coefficient (Wildman–Crippen LogP) is 8.47. The summed E-state index contributed by atoms with van der Waals surface area (Å²) in [6.45, 7) is 9.55. The summed E-state index contributed by atoms with van der Waals surface area (Å²) in [5.74, 6) is -0.586. The lowest BCUT2D eigenvalue weighted by atomic mass is 9.72. The molecule has 2 aromatic heterocycles. The Labute approximate surface area is 393 Å². The van der Waals surface area contributed by atoms with Crippen molar-refractivity contribution in [2.24, 2.45) is 11.3 Å². The molecule has 4 aliphatic rings. The summed E-state index contributed by atoms with van der Waals surface area (Å²) in [4.78, 5) is 51.1. The molecule has 9 rings (SSSR count). The Hall–Kier alpha value is -6.37. The molecular formula is C48H53ClN8O9S. The van der Waals surface area contributed by atoms with E-state index in [9.17, 15) is 28.1 Å². The monoisotopic (exact) mass is 952 g/mol. The van der Waals surface area contributed by atoms with E-state index in [1.807, 2.05) is 18.2 Å². The fourth-order valence-corrected chi connectivity index (χ4v) is 10.8. The second-order valence-corrected chi connectivity index (χ2v) is 20.5. The van der Waals surface area contributed by atoms with Crippen LogP contribution < -0.4 is 24.4 Å². The molecule has 0 saturated carbocycles. The molecule has 5 aromatic rings. The van der Waals surface area contributed by atoms with Gasteiger partial charge < -0.3 is 34.3 Å². The van der Waals surface area contributed by atoms with Crippen LogP contribution in [0.15, 0.2) is 89.6 Å². The van der Waals surface area contributed by atoms with Gasteiger partial charge in [0.05, 0.1) is 34.7 Å². The van der Waals surface area contributed by atoms with Crippen LogP contribution >= 0.6 is 11.6 Å². The lowest BCUT2D eigenvalue weighted by Crippen LogP contribution is -2.47. The summed E-state index contributed by atoms with van der Waals surface area (Å²) in [5.41, 5.74) is 5.16. The summed E-state index contributed by atoms with van der Waals surface area (Å²) in [5, 5.41) is 17.1. The molecule has 1 aliphatic carbocycles. The molecule has 67 heavy (non-hydrogen) atoms. The van der Waals surface area contributed by atoms with Crippen molar-refractivity contribution in [3.63, 3.8) is 0 Å². The topological polar surface area (TPSA) is 202 Å². The summed E-state index contributed by atoms with van der Waals surface area (Å²) >= 11 is 6.25. The average molecular weight is 954 g/mol. The summed E-state index contributed by atoms with van der Waals surface area (Å²) < 4.78 is 47.2. The number of carbonyl (C=O) groups is 2. The van der Waals surface area contributed by atoms with Crippen LogP contribution in [-0.4, -0.2) is 111 Å². The molecule has 3 aromatic carbocycles. The van der Waals surface area contributed by atoms with E-state index in [4.69, 9.17) is 25.8 Å². The van der Waals surface area contributed by atoms with Crippen LogP contribution in [-0.2, 0) is 14.8 Å². The highest BCUT2D eigenvalue weighted by molar-refractivity contribution is 7.90. The molecule has 3 aliphatic heterocycles. The normalized spacial score (nSPS) is 19.0. The van der Waals surface area contributed by atoms with Gasteiger partial charge in [-0.25, -0.2) is 22.9 Å². The number of methoxy groups -OCH3 is 1. The number of rotatable bonds is 11. The first-order valence-electron chi connectivity index (χ1n) is 22.4. The Kier molecular flexibility index (Phi) is 12.8. The number of benzene rings is 3. The van der Waals surface area contributed by atoms with E-state index >= 15 is 0 Å². The van der Waals surface area contributed by atoms with Crippen molar-refractivity contribution in [2.45, 2.75) is 56.9 Å². The van der Waals surface area contributed by atoms with Gasteiger partial charge in [-0.15, -0.1) is 0 Å². The maximum Gasteiger partial charge on any atom is 0.409 e. The number of hydrogen-bond donors (Lipinski definition) is 3. The number of piperidine rings is 1. The Morgan fingerprint density at radius 2 is 1.78 bits per heavy atom. The highest BCUT2D eigenvalue weighted by atomic mass is 35.5. The van der Waals surface area contributed by atoms with E-state index in [1.54, 1.807) is 29.3 Å². The number of nitrogens with one attached hydrogen (secondary N) is 3. The zero-order chi connectivity index (χ0) is 47.0. The van der Waals surface area contributed by atoms with Crippen LogP contribution in [0.3, 0.4) is 0 Å². The highest BCUT2D eigenvalue weighted by Crippen LogP contribution is 2.44. The van der Waals surface area contributed by atoms with Crippen LogP contribution in [0.5, 0.6) is 17.2 Å². The number of amides is 2. The third-order valence-electron chi connectivity index (χ3n) is 13.4. The maximum atomic E-state index is 14.1. The number of sulfonamides is 1. The predicted molar refractivity (Wildman–Crippen MR) is 255 cm³/mol. The number of ether oxygens (including phenoxy) is 3. The van der Waals surface area contributed by atoms with E-state index < -0.39 is 37.5 Å². The molecule has 0 bridgehead atoms. The van der Waals surface area contributed by atoms with Gasteiger partial charge >= 0.3 is 6.09 Å². The van der Waals surface area contributed by atoms with E-state index in [1.165, 1.54) is 42.1 Å². The highest BCUT2D eigenvalue weighted by Gasteiger charge is 2.37. The van der Waals surface area contributed by atoms with Gasteiger partial charge in [0.15, 0.2) is 11.4 Å². The summed E-state index contributed by atoms with van der Waals surface area (Å²) in [6, 6.07) is 18.5. The van der Waals surface area contributed by atoms with Crippen molar-refractivity contribution in [2.75, 3.05) is 69.7 Å². The number of nitro groups is 1. The minimum absolute atomic E-state index is 0.0245. The summed E-state index contributed by atoms with van der Waals surface area (Å²) in [6.07, 6.45) is 7.23. The number of allylic oxidation sites excluding steroid dienone is 1. The number of likely N-dealkylation sites (tertiary alicyclic amines) is 1. The summed E-state index contributed by atoms with van der Waals surface area (Å²) in [7, 11) is -3.37. The van der Waals surface area contributed by atoms with Crippen molar-refractivity contribution in [1.82, 2.24) is 24.5 Å². The first-order chi connectivity index (χ1) is 32.1. The Balaban J connectivity index is 0.929. The number of fused-ring (bicyclic) bond motifs is 2. The van der Waals surface area contributed by atoms with Gasteiger partial charge in [-0.1, -0.05) is 43.2 Å². The molecule has 2 amide bonds. The Morgan fingerprint density at radius 3 is 2.51 bits per heavy atom. The fourth-order valence-electron chi connectivity index (χ4n) is 9.62. The molecule has 2 saturated heterocycles. The van der Waals surface area contributed by atoms with E-state index in [2.05, 4.69) is 55.8 Å². The number of aromatic nitrogens is 2. The lowest BCUT2D eigenvalue weighted by molar-refractivity contribution is -0.384. The second kappa shape index (κ2) is 18.7. The fraction of sp³-hybridized carbons (Fsp3) is 0.396. The number of piperazine rings is 1. The SMILES string of the molecule is COC(=O)N1CCC([C@@H]2COc3cc(S(=O)(=O)NC(=O)c4ccc(N5CCN(CC6=C(c7ccc(Cl)cc7)CC(C)(C)CC6)CC5)cc4Oc4cnc5[nH]ccc5c4)cc([N+](=O)[O-])c3N2)CC1. The number of H-pyrrole nitrogens is 1. The maximum absolute atomic E-state index is 14.1. The molecule has 0 unspecified atom stereocenters. The molecule has 0 radical (unpaired) electrons. The molecular weight excluding hydrogens is 900 g/mol. The van der Waals surface area contributed by atoms with Crippen molar-refractivity contribution in [3.8, 4) is 17.2 Å². The Morgan fingerprint density at radius 1 is 1.01 bits per heavy atom. The molecule has 19 heteroatoms. The minimum atomic E-state index is -4.70. The van der Waals surface area contributed by atoms with E-state index in [0.29, 0.717) is 50.4 Å². The largest absolute Gasteiger partial charge is 0.489 e. The van der Waals surface area contributed by atoms with E-state index in [-0.39, 0.29) is 46.7 Å². The van der Waals surface area contributed by atoms with Crippen LogP contribution in [0, 0.1) is 21.4 Å². The molecule has 17 nitrogen and oxygen atoms in total. The number of halogens is 1. The number of aromatic amines is 1. The number of nitrogens with zero attached hydrogens (tertiary/aromatic N) is 5. The average Bonchev–Trinajstić information content (AvgIpc) is 3.80.